The van der Waals surface area contributed by atoms with E-state index in [0.717, 1.165) is 47.7 Å². The monoisotopic (exact) mass is 465 g/mol. The van der Waals surface area contributed by atoms with Gasteiger partial charge in [-0.05, 0) is 48.5 Å². The third-order valence-electron chi connectivity index (χ3n) is 4.38. The van der Waals surface area contributed by atoms with Gasteiger partial charge in [0.15, 0.2) is 5.82 Å². The maximum Gasteiger partial charge on any atom is 0.405 e. The number of amides is 1. The second-order valence-electron chi connectivity index (χ2n) is 6.97. The van der Waals surface area contributed by atoms with Gasteiger partial charge in [0.2, 0.25) is 0 Å². The van der Waals surface area contributed by atoms with E-state index in [2.05, 4.69) is 46.8 Å². The summed E-state index contributed by atoms with van der Waals surface area (Å²) in [5.74, 6) is 1.50. The zero-order valence-electron chi connectivity index (χ0n) is 16.1. The molecule has 5 rings (SSSR count). The smallest absolute Gasteiger partial charge is 0.405 e. The average molecular weight is 466 g/mol. The Labute approximate surface area is 176 Å². The molecule has 10 nitrogen and oxygen atoms in total. The minimum Gasteiger partial charge on any atom is -0.465 e. The number of halogens is 1. The van der Waals surface area contributed by atoms with E-state index in [-0.39, 0.29) is 5.54 Å². The molecule has 0 spiro atoms. The summed E-state index contributed by atoms with van der Waals surface area (Å²) in [4.78, 5) is 14.2. The predicted octanol–water partition coefficient (Wildman–Crippen LogP) is 3.56. The normalized spacial score (nSPS) is 16.2. The number of hydrogen-bond acceptors (Lipinski definition) is 6. The Morgan fingerprint density at radius 1 is 1.34 bits per heavy atom. The van der Waals surface area contributed by atoms with E-state index in [1.807, 2.05) is 13.0 Å². The maximum atomic E-state index is 9.94. The van der Waals surface area contributed by atoms with Crippen molar-refractivity contribution in [2.75, 3.05) is 18.5 Å². The van der Waals surface area contributed by atoms with Crippen LogP contribution >= 0.6 is 15.9 Å². The molecule has 4 heterocycles. The highest BCUT2D eigenvalue weighted by molar-refractivity contribution is 9.10. The number of aromatic nitrogens is 5. The fourth-order valence-electron chi connectivity index (χ4n) is 2.53. The molecule has 4 N–H and O–H groups in total. The summed E-state index contributed by atoms with van der Waals surface area (Å²) in [7, 11) is 0. The summed E-state index contributed by atoms with van der Waals surface area (Å²) in [6.45, 7) is 3.90. The summed E-state index contributed by atoms with van der Waals surface area (Å²) >= 11 is 3.43. The summed E-state index contributed by atoms with van der Waals surface area (Å²) in [6, 6.07) is 1.83. The molecule has 0 unspecified atom stereocenters. The minimum absolute atomic E-state index is 0.0775. The molecule has 1 aliphatic heterocycles. The first-order chi connectivity index (χ1) is 14.0. The van der Waals surface area contributed by atoms with Crippen LogP contribution < -0.4 is 10.6 Å². The van der Waals surface area contributed by atoms with E-state index >= 15 is 0 Å². The van der Waals surface area contributed by atoms with Crippen LogP contribution in [0.5, 0.6) is 0 Å². The Kier molecular flexibility index (Phi) is 7.04. The number of hydrogen-bond donors (Lipinski definition) is 4. The number of ether oxygens (including phenoxy) is 1. The van der Waals surface area contributed by atoms with Crippen molar-refractivity contribution in [3.8, 4) is 0 Å². The Morgan fingerprint density at radius 3 is 2.62 bits per heavy atom. The SMILES string of the molecule is Brc1cnn2ccnc(Nc3ccn[nH]3)c12.C1CCOC1.CC1(NC(=O)O)CC1. The van der Waals surface area contributed by atoms with E-state index in [1.54, 1.807) is 29.3 Å². The Balaban J connectivity index is 0.000000153. The highest BCUT2D eigenvalue weighted by atomic mass is 79.9. The number of aromatic amines is 1. The second kappa shape index (κ2) is 9.70. The number of fused-ring (bicyclic) bond motifs is 1. The lowest BCUT2D eigenvalue weighted by Crippen LogP contribution is -2.32. The molecule has 29 heavy (non-hydrogen) atoms. The molecular weight excluding hydrogens is 442 g/mol. The van der Waals surface area contributed by atoms with E-state index in [9.17, 15) is 4.79 Å². The number of anilines is 2. The van der Waals surface area contributed by atoms with Crippen molar-refractivity contribution in [2.45, 2.75) is 38.1 Å². The van der Waals surface area contributed by atoms with E-state index in [4.69, 9.17) is 9.84 Å². The van der Waals surface area contributed by atoms with Crippen LogP contribution in [0.25, 0.3) is 5.52 Å². The molecule has 0 bridgehead atoms. The van der Waals surface area contributed by atoms with Crippen molar-refractivity contribution >= 4 is 39.2 Å². The third-order valence-corrected chi connectivity index (χ3v) is 4.96. The second-order valence-corrected chi connectivity index (χ2v) is 7.82. The number of carbonyl (C=O) groups is 1. The Morgan fingerprint density at radius 2 is 2.10 bits per heavy atom. The van der Waals surface area contributed by atoms with Crippen LogP contribution in [0.2, 0.25) is 0 Å². The average Bonchev–Trinajstić information content (AvgIpc) is 3.22. The van der Waals surface area contributed by atoms with Crippen molar-refractivity contribution in [2.24, 2.45) is 0 Å². The number of nitrogens with zero attached hydrogens (tertiary/aromatic N) is 4. The predicted molar refractivity (Wildman–Crippen MR) is 111 cm³/mol. The topological polar surface area (TPSA) is 129 Å². The molecular formula is C18H24BrN7O3. The summed E-state index contributed by atoms with van der Waals surface area (Å²) in [5, 5.41) is 24.6. The van der Waals surface area contributed by atoms with Gasteiger partial charge in [0.1, 0.15) is 11.3 Å². The number of H-pyrrole nitrogens is 1. The molecule has 1 saturated carbocycles. The lowest BCUT2D eigenvalue weighted by atomic mass is 10.3. The molecule has 0 aromatic carbocycles. The first-order valence-electron chi connectivity index (χ1n) is 9.30. The zero-order valence-corrected chi connectivity index (χ0v) is 17.6. The van der Waals surface area contributed by atoms with Gasteiger partial charge in [0, 0.05) is 37.2 Å². The van der Waals surface area contributed by atoms with Gasteiger partial charge < -0.3 is 20.5 Å². The van der Waals surface area contributed by atoms with E-state index in [1.165, 1.54) is 12.8 Å². The van der Waals surface area contributed by atoms with Gasteiger partial charge in [-0.3, -0.25) is 5.10 Å². The van der Waals surface area contributed by atoms with Crippen LogP contribution in [0.1, 0.15) is 32.6 Å². The fourth-order valence-corrected chi connectivity index (χ4v) is 2.99. The summed E-state index contributed by atoms with van der Waals surface area (Å²) in [5.41, 5.74) is 0.809. The van der Waals surface area contributed by atoms with Gasteiger partial charge in [-0.25, -0.2) is 14.3 Å². The summed E-state index contributed by atoms with van der Waals surface area (Å²) < 4.78 is 7.58. The Bertz CT molecular complexity index is 913. The first-order valence-corrected chi connectivity index (χ1v) is 10.1. The highest BCUT2D eigenvalue weighted by Crippen LogP contribution is 2.33. The molecule has 11 heteroatoms. The van der Waals surface area contributed by atoms with E-state index < -0.39 is 6.09 Å². The molecule has 0 atom stereocenters. The number of nitrogens with one attached hydrogen (secondary N) is 3. The van der Waals surface area contributed by atoms with Crippen molar-refractivity contribution in [3.63, 3.8) is 0 Å². The van der Waals surface area contributed by atoms with E-state index in [0.29, 0.717) is 0 Å². The molecule has 2 aliphatic rings. The van der Waals surface area contributed by atoms with Gasteiger partial charge in [-0.1, -0.05) is 0 Å². The van der Waals surface area contributed by atoms with Crippen LogP contribution in [-0.4, -0.2) is 54.7 Å². The molecule has 0 radical (unpaired) electrons. The molecule has 3 aromatic heterocycles. The third kappa shape index (κ3) is 6.43. The van der Waals surface area contributed by atoms with Gasteiger partial charge in [0.05, 0.1) is 16.9 Å². The lowest BCUT2D eigenvalue weighted by Gasteiger charge is -2.04. The van der Waals surface area contributed by atoms with Crippen LogP contribution in [0.3, 0.4) is 0 Å². The van der Waals surface area contributed by atoms with Gasteiger partial charge in [-0.2, -0.15) is 10.2 Å². The van der Waals surface area contributed by atoms with Crippen molar-refractivity contribution in [1.82, 2.24) is 30.1 Å². The number of rotatable bonds is 3. The van der Waals surface area contributed by atoms with Gasteiger partial charge in [-0.15, -0.1) is 0 Å². The van der Waals surface area contributed by atoms with Crippen LogP contribution in [0.15, 0.2) is 35.3 Å². The maximum absolute atomic E-state index is 9.94. The van der Waals surface area contributed by atoms with Crippen LogP contribution in [-0.2, 0) is 4.74 Å². The highest BCUT2D eigenvalue weighted by Gasteiger charge is 2.38. The molecule has 1 aliphatic carbocycles. The molecule has 1 saturated heterocycles. The molecule has 1 amide bonds. The quantitative estimate of drug-likeness (QED) is 0.465. The fraction of sp³-hybridized carbons (Fsp3) is 0.444. The lowest BCUT2D eigenvalue weighted by molar-refractivity contribution is 0.189. The summed E-state index contributed by atoms with van der Waals surface area (Å²) in [6.07, 6.45) is 10.5. The van der Waals surface area contributed by atoms with Gasteiger partial charge in [0.25, 0.3) is 0 Å². The zero-order chi connectivity index (χ0) is 20.7. The first kappa shape index (κ1) is 21.1. The van der Waals surface area contributed by atoms with Crippen molar-refractivity contribution in [1.29, 1.82) is 0 Å². The molecule has 3 aromatic rings. The van der Waals surface area contributed by atoms with Gasteiger partial charge >= 0.3 is 6.09 Å². The van der Waals surface area contributed by atoms with Crippen molar-refractivity contribution in [3.05, 3.63) is 35.3 Å². The van der Waals surface area contributed by atoms with Crippen LogP contribution in [0, 0.1) is 0 Å². The van der Waals surface area contributed by atoms with Crippen LogP contribution in [0.4, 0.5) is 16.4 Å². The minimum atomic E-state index is -0.912. The largest absolute Gasteiger partial charge is 0.465 e. The standard InChI is InChI=1S/C9H7BrN6.C5H9NO2.C4H8O/c10-6-5-13-16-4-3-11-9(8(6)16)14-7-1-2-12-15-7;1-5(2-3-5)6-4(7)8;1-2-4-5-3-1/h1-5H,(H2,11,12,14,15);6H,2-3H2,1H3,(H,7,8);1-4H2. The molecule has 156 valence electrons. The van der Waals surface area contributed by atoms with Crippen molar-refractivity contribution < 1.29 is 14.6 Å². The number of carboxylic acid groups (broad SMARTS) is 1. The molecule has 2 fully saturated rings. The Hall–Kier alpha value is -2.66.